The van der Waals surface area contributed by atoms with E-state index in [1.807, 2.05) is 0 Å². The molecule has 0 unspecified atom stereocenters. The lowest BCUT2D eigenvalue weighted by atomic mass is 9.90. The van der Waals surface area contributed by atoms with E-state index >= 15 is 0 Å². The van der Waals surface area contributed by atoms with Gasteiger partial charge in [0.15, 0.2) is 0 Å². The number of fused-ring (bicyclic) bond motifs is 5. The SMILES string of the molecule is c1ccc(-c2c(-c3ccc(N(c4ccc(-c5ccc(-c6cccc7ccccc67)cc5)cc4)c4cccc(-c5ccc6c(ccc7ccccc76)c5)c4)cc3)ccc3ccccc23)cc1. The van der Waals surface area contributed by atoms with Crippen molar-refractivity contribution in [2.75, 3.05) is 4.90 Å². The Balaban J connectivity index is 0.934. The average molecular weight is 826 g/mol. The van der Waals surface area contributed by atoms with Gasteiger partial charge in [0.25, 0.3) is 0 Å². The van der Waals surface area contributed by atoms with E-state index in [4.69, 9.17) is 0 Å². The molecule has 0 saturated heterocycles. The molecule has 12 aromatic carbocycles. The van der Waals surface area contributed by atoms with Gasteiger partial charge in [-0.05, 0) is 141 Å². The zero-order valence-corrected chi connectivity index (χ0v) is 35.8. The molecule has 12 rings (SSSR count). The van der Waals surface area contributed by atoms with Crippen LogP contribution < -0.4 is 4.90 Å². The quantitative estimate of drug-likeness (QED) is 0.138. The second-order valence-corrected chi connectivity index (χ2v) is 16.9. The van der Waals surface area contributed by atoms with Gasteiger partial charge >= 0.3 is 0 Å². The van der Waals surface area contributed by atoms with Gasteiger partial charge in [0.1, 0.15) is 0 Å². The summed E-state index contributed by atoms with van der Waals surface area (Å²) in [4.78, 5) is 2.38. The lowest BCUT2D eigenvalue weighted by molar-refractivity contribution is 1.28. The van der Waals surface area contributed by atoms with Crippen LogP contribution in [0.25, 0.3) is 98.7 Å². The van der Waals surface area contributed by atoms with Crippen LogP contribution in [0, 0.1) is 0 Å². The maximum Gasteiger partial charge on any atom is 0.0467 e. The van der Waals surface area contributed by atoms with Crippen LogP contribution in [-0.2, 0) is 0 Å². The van der Waals surface area contributed by atoms with Gasteiger partial charge in [0.2, 0.25) is 0 Å². The smallest absolute Gasteiger partial charge is 0.0467 e. The van der Waals surface area contributed by atoms with Gasteiger partial charge in [-0.3, -0.25) is 0 Å². The zero-order chi connectivity index (χ0) is 43.1. The summed E-state index contributed by atoms with van der Waals surface area (Å²) in [6.45, 7) is 0. The van der Waals surface area contributed by atoms with E-state index in [0.29, 0.717) is 0 Å². The predicted octanol–water partition coefficient (Wildman–Crippen LogP) is 18.1. The largest absolute Gasteiger partial charge is 0.310 e. The van der Waals surface area contributed by atoms with Crippen LogP contribution in [0.1, 0.15) is 0 Å². The van der Waals surface area contributed by atoms with Gasteiger partial charge in [-0.1, -0.05) is 218 Å². The fourth-order valence-electron chi connectivity index (χ4n) is 9.80. The zero-order valence-electron chi connectivity index (χ0n) is 35.8. The third-order valence-corrected chi connectivity index (χ3v) is 13.1. The first kappa shape index (κ1) is 38.2. The summed E-state index contributed by atoms with van der Waals surface area (Å²) < 4.78 is 0. The van der Waals surface area contributed by atoms with Gasteiger partial charge < -0.3 is 4.90 Å². The molecule has 0 saturated carbocycles. The van der Waals surface area contributed by atoms with Gasteiger partial charge in [-0.25, -0.2) is 0 Å². The van der Waals surface area contributed by atoms with Crippen molar-refractivity contribution in [2.45, 2.75) is 0 Å². The molecule has 0 aliphatic rings. The Morgan fingerprint density at radius 2 is 0.662 bits per heavy atom. The first-order chi connectivity index (χ1) is 32.2. The minimum Gasteiger partial charge on any atom is -0.310 e. The summed E-state index contributed by atoms with van der Waals surface area (Å²) in [5.74, 6) is 0. The molecule has 0 aliphatic carbocycles. The first-order valence-corrected chi connectivity index (χ1v) is 22.4. The lowest BCUT2D eigenvalue weighted by Crippen LogP contribution is -2.10. The molecule has 65 heavy (non-hydrogen) atoms. The summed E-state index contributed by atoms with van der Waals surface area (Å²) in [7, 11) is 0. The Labute approximate surface area is 379 Å². The number of benzene rings is 12. The molecule has 0 radical (unpaired) electrons. The molecule has 0 aliphatic heterocycles. The summed E-state index contributed by atoms with van der Waals surface area (Å²) >= 11 is 0. The topological polar surface area (TPSA) is 3.24 Å². The Morgan fingerprint density at radius 3 is 1.40 bits per heavy atom. The van der Waals surface area contributed by atoms with Crippen molar-refractivity contribution in [3.63, 3.8) is 0 Å². The Bertz CT molecular complexity index is 3670. The molecular formula is C64H43N. The van der Waals surface area contributed by atoms with Crippen LogP contribution in [0.15, 0.2) is 261 Å². The molecule has 304 valence electrons. The van der Waals surface area contributed by atoms with Crippen LogP contribution >= 0.6 is 0 Å². The molecule has 0 aromatic heterocycles. The predicted molar refractivity (Wildman–Crippen MR) is 278 cm³/mol. The van der Waals surface area contributed by atoms with Crippen molar-refractivity contribution in [1.82, 2.24) is 0 Å². The second-order valence-electron chi connectivity index (χ2n) is 16.9. The van der Waals surface area contributed by atoms with Crippen molar-refractivity contribution in [1.29, 1.82) is 0 Å². The molecule has 0 atom stereocenters. The fourth-order valence-corrected chi connectivity index (χ4v) is 9.80. The molecule has 0 amide bonds. The van der Waals surface area contributed by atoms with E-state index in [0.717, 1.165) is 17.1 Å². The van der Waals surface area contributed by atoms with Gasteiger partial charge in [0, 0.05) is 17.1 Å². The Kier molecular flexibility index (Phi) is 9.58. The highest BCUT2D eigenvalue weighted by Gasteiger charge is 2.17. The van der Waals surface area contributed by atoms with Crippen LogP contribution in [0.3, 0.4) is 0 Å². The number of hydrogen-bond donors (Lipinski definition) is 0. The van der Waals surface area contributed by atoms with E-state index < -0.39 is 0 Å². The Hall–Kier alpha value is -8.52. The molecule has 12 aromatic rings. The third-order valence-electron chi connectivity index (χ3n) is 13.1. The standard InChI is InChI=1S/C64H43N/c1-2-15-51(16-3-1)64-62-22-9-6-14-48(62)34-41-63(64)50-32-38-56(39-33-50)65(57-19-10-18-52(43-57)53-35-40-61-54(42-53)29-28-47-13-5-8-21-59(47)61)55-36-30-45(31-37-55)44-24-26-49(27-25-44)60-23-11-17-46-12-4-7-20-58(46)60/h1-43H. The number of hydrogen-bond acceptors (Lipinski definition) is 1. The highest BCUT2D eigenvalue weighted by Crippen LogP contribution is 2.42. The van der Waals surface area contributed by atoms with E-state index in [-0.39, 0.29) is 0 Å². The van der Waals surface area contributed by atoms with E-state index in [1.165, 1.54) is 98.7 Å². The molecule has 0 N–H and O–H groups in total. The Morgan fingerprint density at radius 1 is 0.200 bits per heavy atom. The maximum atomic E-state index is 2.38. The van der Waals surface area contributed by atoms with E-state index in [9.17, 15) is 0 Å². The number of nitrogens with zero attached hydrogens (tertiary/aromatic N) is 1. The molecule has 0 bridgehead atoms. The molecule has 0 heterocycles. The molecule has 0 spiro atoms. The van der Waals surface area contributed by atoms with Crippen molar-refractivity contribution >= 4 is 60.2 Å². The number of rotatable bonds is 8. The monoisotopic (exact) mass is 825 g/mol. The minimum atomic E-state index is 1.09. The van der Waals surface area contributed by atoms with Gasteiger partial charge in [-0.15, -0.1) is 0 Å². The van der Waals surface area contributed by atoms with Crippen molar-refractivity contribution in [3.8, 4) is 55.6 Å². The van der Waals surface area contributed by atoms with Crippen LogP contribution in [0.4, 0.5) is 17.1 Å². The summed E-state index contributed by atoms with van der Waals surface area (Å²) in [5.41, 5.74) is 15.3. The highest BCUT2D eigenvalue weighted by molar-refractivity contribution is 6.09. The second kappa shape index (κ2) is 16.3. The maximum absolute atomic E-state index is 2.38. The fraction of sp³-hybridized carbons (Fsp3) is 0. The van der Waals surface area contributed by atoms with Crippen molar-refractivity contribution in [3.05, 3.63) is 261 Å². The molecule has 1 nitrogen and oxygen atoms in total. The van der Waals surface area contributed by atoms with Crippen molar-refractivity contribution in [2.24, 2.45) is 0 Å². The third kappa shape index (κ3) is 7.10. The van der Waals surface area contributed by atoms with Crippen LogP contribution in [0.5, 0.6) is 0 Å². The van der Waals surface area contributed by atoms with Gasteiger partial charge in [-0.2, -0.15) is 0 Å². The van der Waals surface area contributed by atoms with Crippen molar-refractivity contribution < 1.29 is 0 Å². The summed E-state index contributed by atoms with van der Waals surface area (Å²) in [6, 6.07) is 95.2. The van der Waals surface area contributed by atoms with Gasteiger partial charge in [0.05, 0.1) is 0 Å². The van der Waals surface area contributed by atoms with Crippen LogP contribution in [-0.4, -0.2) is 0 Å². The van der Waals surface area contributed by atoms with E-state index in [2.05, 4.69) is 266 Å². The normalized spacial score (nSPS) is 11.4. The molecule has 1 heteroatoms. The lowest BCUT2D eigenvalue weighted by Gasteiger charge is -2.26. The first-order valence-electron chi connectivity index (χ1n) is 22.4. The molecule has 0 fully saturated rings. The van der Waals surface area contributed by atoms with E-state index in [1.54, 1.807) is 0 Å². The van der Waals surface area contributed by atoms with Crippen LogP contribution in [0.2, 0.25) is 0 Å². The highest BCUT2D eigenvalue weighted by atomic mass is 15.1. The number of anilines is 3. The summed E-state index contributed by atoms with van der Waals surface area (Å²) in [6.07, 6.45) is 0. The summed E-state index contributed by atoms with van der Waals surface area (Å²) in [5, 5.41) is 10.1. The average Bonchev–Trinajstić information content (AvgIpc) is 3.39. The molecular weight excluding hydrogens is 783 g/mol. The minimum absolute atomic E-state index is 1.09.